The van der Waals surface area contributed by atoms with Crippen LogP contribution in [0.3, 0.4) is 0 Å². The molecule has 0 aliphatic carbocycles. The largest absolute Gasteiger partial charge is 0.486 e. The summed E-state index contributed by atoms with van der Waals surface area (Å²) >= 11 is 0. The van der Waals surface area contributed by atoms with Gasteiger partial charge in [0.1, 0.15) is 18.9 Å². The molecule has 0 radical (unpaired) electrons. The number of ether oxygens (including phenoxy) is 2. The van der Waals surface area contributed by atoms with E-state index in [4.69, 9.17) is 9.47 Å². The van der Waals surface area contributed by atoms with E-state index in [-0.39, 0.29) is 11.9 Å². The van der Waals surface area contributed by atoms with E-state index in [1.165, 1.54) is 0 Å². The second-order valence-electron chi connectivity index (χ2n) is 8.07. The summed E-state index contributed by atoms with van der Waals surface area (Å²) in [6, 6.07) is 15.6. The van der Waals surface area contributed by atoms with Gasteiger partial charge in [0.25, 0.3) is 5.91 Å². The molecule has 166 valence electrons. The standard InChI is InChI=1S/C24H26N4O4/c1-26-19-5-3-2-4-18(19)15-20(26)23(29)28(11-10-27-9-8-25-24(27)30)16-17-6-7-21-22(14-17)32-13-12-31-21/h2-7,14-15H,8-13,16H2,1H3,(H,25,30). The first-order chi connectivity index (χ1) is 15.6. The molecule has 1 fully saturated rings. The number of rotatable bonds is 6. The number of nitrogens with one attached hydrogen (secondary N) is 1. The van der Waals surface area contributed by atoms with Gasteiger partial charge in [0.2, 0.25) is 0 Å². The van der Waals surface area contributed by atoms with Crippen LogP contribution in [-0.2, 0) is 13.6 Å². The first-order valence-corrected chi connectivity index (χ1v) is 10.9. The number of aryl methyl sites for hydroxylation is 1. The van der Waals surface area contributed by atoms with Crippen molar-refractivity contribution in [3.63, 3.8) is 0 Å². The topological polar surface area (TPSA) is 76.0 Å². The zero-order valence-corrected chi connectivity index (χ0v) is 18.0. The first-order valence-electron chi connectivity index (χ1n) is 10.9. The van der Waals surface area contributed by atoms with Crippen molar-refractivity contribution in [2.45, 2.75) is 6.54 Å². The second-order valence-corrected chi connectivity index (χ2v) is 8.07. The smallest absolute Gasteiger partial charge is 0.317 e. The van der Waals surface area contributed by atoms with Crippen LogP contribution in [-0.4, -0.2) is 65.7 Å². The van der Waals surface area contributed by atoms with Gasteiger partial charge in [0, 0.05) is 50.7 Å². The molecule has 8 nitrogen and oxygen atoms in total. The van der Waals surface area contributed by atoms with E-state index < -0.39 is 0 Å². The van der Waals surface area contributed by atoms with E-state index >= 15 is 0 Å². The molecule has 0 unspecified atom stereocenters. The van der Waals surface area contributed by atoms with Crippen LogP contribution < -0.4 is 14.8 Å². The lowest BCUT2D eigenvalue weighted by Gasteiger charge is -2.26. The number of hydrogen-bond donors (Lipinski definition) is 1. The molecule has 0 bridgehead atoms. The minimum Gasteiger partial charge on any atom is -0.486 e. The third-order valence-electron chi connectivity index (χ3n) is 6.02. The third kappa shape index (κ3) is 3.84. The van der Waals surface area contributed by atoms with Gasteiger partial charge in [-0.1, -0.05) is 24.3 Å². The van der Waals surface area contributed by atoms with E-state index in [0.717, 1.165) is 22.2 Å². The molecule has 0 spiro atoms. The molecule has 1 saturated heterocycles. The van der Waals surface area contributed by atoms with Crippen molar-refractivity contribution in [2.24, 2.45) is 7.05 Å². The highest BCUT2D eigenvalue weighted by Crippen LogP contribution is 2.31. The van der Waals surface area contributed by atoms with Crippen LogP contribution in [0.25, 0.3) is 10.9 Å². The Hall–Kier alpha value is -3.68. The summed E-state index contributed by atoms with van der Waals surface area (Å²) in [6.07, 6.45) is 0. The van der Waals surface area contributed by atoms with Crippen LogP contribution in [0.5, 0.6) is 11.5 Å². The van der Waals surface area contributed by atoms with Crippen molar-refractivity contribution in [2.75, 3.05) is 39.4 Å². The summed E-state index contributed by atoms with van der Waals surface area (Å²) in [5.41, 5.74) is 2.58. The number of carbonyl (C=O) groups is 2. The molecule has 2 aliphatic rings. The van der Waals surface area contributed by atoms with Crippen molar-refractivity contribution in [1.82, 2.24) is 19.7 Å². The molecule has 1 N–H and O–H groups in total. The predicted octanol–water partition coefficient (Wildman–Crippen LogP) is 2.62. The normalized spacial score (nSPS) is 15.2. The van der Waals surface area contributed by atoms with E-state index in [2.05, 4.69) is 5.32 Å². The van der Waals surface area contributed by atoms with Crippen LogP contribution in [0.15, 0.2) is 48.5 Å². The number of benzene rings is 2. The van der Waals surface area contributed by atoms with Crippen LogP contribution in [0.2, 0.25) is 0 Å². The SMILES string of the molecule is Cn1c(C(=O)N(CCN2CCNC2=O)Cc2ccc3c(c2)OCCO3)cc2ccccc21. The Kier molecular flexibility index (Phi) is 5.34. The van der Waals surface area contributed by atoms with E-state index in [1.54, 1.807) is 9.80 Å². The zero-order chi connectivity index (χ0) is 22.1. The van der Waals surface area contributed by atoms with Crippen molar-refractivity contribution in [3.8, 4) is 11.5 Å². The maximum Gasteiger partial charge on any atom is 0.317 e. The highest BCUT2D eigenvalue weighted by molar-refractivity contribution is 5.98. The van der Waals surface area contributed by atoms with Gasteiger partial charge in [-0.2, -0.15) is 0 Å². The van der Waals surface area contributed by atoms with Gasteiger partial charge in [-0.15, -0.1) is 0 Å². The van der Waals surface area contributed by atoms with E-state index in [1.807, 2.05) is 60.1 Å². The van der Waals surface area contributed by atoms with Gasteiger partial charge in [0.15, 0.2) is 11.5 Å². The number of nitrogens with zero attached hydrogens (tertiary/aromatic N) is 3. The van der Waals surface area contributed by atoms with Crippen molar-refractivity contribution < 1.29 is 19.1 Å². The van der Waals surface area contributed by atoms with Crippen molar-refractivity contribution in [3.05, 3.63) is 59.8 Å². The number of hydrogen-bond acceptors (Lipinski definition) is 4. The molecular weight excluding hydrogens is 408 g/mol. The number of para-hydroxylation sites is 1. The summed E-state index contributed by atoms with van der Waals surface area (Å²) in [5.74, 6) is 1.35. The summed E-state index contributed by atoms with van der Waals surface area (Å²) in [5, 5.41) is 3.84. The number of amides is 3. The lowest BCUT2D eigenvalue weighted by Crippen LogP contribution is -2.40. The van der Waals surface area contributed by atoms with Gasteiger partial charge in [-0.3, -0.25) is 4.79 Å². The minimum absolute atomic E-state index is 0.0711. The Bertz CT molecular complexity index is 1170. The Balaban J connectivity index is 1.42. The van der Waals surface area contributed by atoms with Crippen molar-refractivity contribution in [1.29, 1.82) is 0 Å². The molecule has 3 amide bonds. The number of aromatic nitrogens is 1. The zero-order valence-electron chi connectivity index (χ0n) is 18.0. The molecule has 0 saturated carbocycles. The van der Waals surface area contributed by atoms with Crippen LogP contribution in [0, 0.1) is 0 Å². The van der Waals surface area contributed by atoms with E-state index in [0.29, 0.717) is 57.4 Å². The molecule has 1 aromatic heterocycles. The van der Waals surface area contributed by atoms with Gasteiger partial charge in [-0.05, 0) is 29.8 Å². The molecule has 5 rings (SSSR count). The molecule has 8 heteroatoms. The molecule has 2 aliphatic heterocycles. The lowest BCUT2D eigenvalue weighted by atomic mass is 10.1. The summed E-state index contributed by atoms with van der Waals surface area (Å²) in [4.78, 5) is 29.2. The van der Waals surface area contributed by atoms with Crippen LogP contribution in [0.1, 0.15) is 16.1 Å². The Morgan fingerprint density at radius 3 is 2.69 bits per heavy atom. The summed E-state index contributed by atoms with van der Waals surface area (Å²) in [7, 11) is 1.91. The maximum atomic E-state index is 13.6. The Morgan fingerprint density at radius 1 is 1.09 bits per heavy atom. The summed E-state index contributed by atoms with van der Waals surface area (Å²) in [6.45, 7) is 3.66. The number of fused-ring (bicyclic) bond motifs is 2. The molecular formula is C24H26N4O4. The Labute approximate surface area is 186 Å². The number of carbonyl (C=O) groups excluding carboxylic acids is 2. The highest BCUT2D eigenvalue weighted by atomic mass is 16.6. The monoisotopic (exact) mass is 434 g/mol. The summed E-state index contributed by atoms with van der Waals surface area (Å²) < 4.78 is 13.3. The lowest BCUT2D eigenvalue weighted by molar-refractivity contribution is 0.0721. The van der Waals surface area contributed by atoms with E-state index in [9.17, 15) is 9.59 Å². The first kappa shape index (κ1) is 20.2. The highest BCUT2D eigenvalue weighted by Gasteiger charge is 2.25. The quantitative estimate of drug-likeness (QED) is 0.647. The molecule has 32 heavy (non-hydrogen) atoms. The molecule has 0 atom stereocenters. The molecule has 3 aromatic rings. The Morgan fingerprint density at radius 2 is 1.91 bits per heavy atom. The maximum absolute atomic E-state index is 13.6. The predicted molar refractivity (Wildman–Crippen MR) is 120 cm³/mol. The van der Waals surface area contributed by atoms with Gasteiger partial charge in [-0.25, -0.2) is 4.79 Å². The fourth-order valence-electron chi connectivity index (χ4n) is 4.28. The molecule has 3 heterocycles. The van der Waals surface area contributed by atoms with Gasteiger partial charge in [0.05, 0.1) is 0 Å². The van der Waals surface area contributed by atoms with Crippen LogP contribution in [0.4, 0.5) is 4.79 Å². The number of urea groups is 1. The second kappa shape index (κ2) is 8.45. The third-order valence-corrected chi connectivity index (χ3v) is 6.02. The minimum atomic E-state index is -0.0821. The van der Waals surface area contributed by atoms with Gasteiger partial charge >= 0.3 is 6.03 Å². The van der Waals surface area contributed by atoms with Gasteiger partial charge < -0.3 is 29.2 Å². The van der Waals surface area contributed by atoms with Crippen LogP contribution >= 0.6 is 0 Å². The average Bonchev–Trinajstić information content (AvgIpc) is 3.38. The van der Waals surface area contributed by atoms with Crippen molar-refractivity contribution >= 4 is 22.8 Å². The fourth-order valence-corrected chi connectivity index (χ4v) is 4.28. The fraction of sp³-hybridized carbons (Fsp3) is 0.333. The molecule has 2 aromatic carbocycles. The average molecular weight is 434 g/mol.